The van der Waals surface area contributed by atoms with Crippen LogP contribution in [0.2, 0.25) is 0 Å². The first kappa shape index (κ1) is 73.6. The first-order chi connectivity index (χ1) is 45.4. The number of fused-ring (bicyclic) bond motifs is 3. The van der Waals surface area contributed by atoms with Crippen molar-refractivity contribution in [3.05, 3.63) is 106 Å². The number of piperidine rings is 3. The number of rotatable bonds is 18. The molecule has 6 aliphatic rings. The molecule has 6 aromatic rings. The Morgan fingerprint density at radius 3 is 0.949 bits per heavy atom. The highest BCUT2D eigenvalue weighted by atomic mass is 32.2. The predicted octanol–water partition coefficient (Wildman–Crippen LogP) is 9.27. The van der Waals surface area contributed by atoms with Gasteiger partial charge in [-0.25, -0.2) is 51.6 Å². The van der Waals surface area contributed by atoms with Crippen molar-refractivity contribution < 1.29 is 120 Å². The molecule has 6 heterocycles. The minimum absolute atomic E-state index is 0.0575. The number of ether oxygens (including phenoxy) is 3. The maximum atomic E-state index is 13.7. The molecule has 3 saturated heterocycles. The number of hydrogen-bond acceptors (Lipinski definition) is 21. The average Bonchev–Trinajstić information content (AvgIpc) is 1.56. The maximum absolute atomic E-state index is 13.7. The molecule has 3 aromatic carbocycles. The van der Waals surface area contributed by atoms with E-state index in [1.165, 1.54) is 34.9 Å². The van der Waals surface area contributed by atoms with Crippen LogP contribution in [-0.2, 0) is 58.1 Å². The van der Waals surface area contributed by atoms with Crippen LogP contribution in [0.1, 0.15) is 127 Å². The fourth-order valence-electron chi connectivity index (χ4n) is 11.9. The SMILES string of the molecule is C[C@@H](Oc1ccc(S(C)(=O)=O)cc1C(=O)N1CC2CC2(c2nc(C(F)(F)F)no2)C1)C(C)(F)F.C[C@H](Oc1ccc(S(C)(=O)=O)cc1C(=O)N1CC2CC2(c2nc(C(F)(F)F)no2)C1)C(C)(F)F.Cc1noc(C23CC2CN(C(=O)c2cc(S(C)(=O)=O)ccc2O[C@H](C)C(C)(F)F)C3)n1. The second-order valence-electron chi connectivity index (χ2n) is 26.2. The first-order valence-corrected chi connectivity index (χ1v) is 35.7. The lowest BCUT2D eigenvalue weighted by atomic mass is 10.1. The van der Waals surface area contributed by atoms with Crippen molar-refractivity contribution >= 4 is 47.2 Å². The number of aromatic nitrogens is 6. The Morgan fingerprint density at radius 2 is 0.727 bits per heavy atom. The second-order valence-corrected chi connectivity index (χ2v) is 32.2. The average molecular weight is 1470 g/mol. The van der Waals surface area contributed by atoms with Gasteiger partial charge in [-0.1, -0.05) is 15.5 Å². The van der Waals surface area contributed by atoms with Gasteiger partial charge in [-0.3, -0.25) is 14.4 Å². The largest absolute Gasteiger partial charge is 0.484 e. The summed E-state index contributed by atoms with van der Waals surface area (Å²) in [6.45, 7) is 7.99. The van der Waals surface area contributed by atoms with Crippen LogP contribution in [0.5, 0.6) is 17.2 Å². The summed E-state index contributed by atoms with van der Waals surface area (Å²) in [5.41, 5.74) is -2.86. The number of halogens is 12. The van der Waals surface area contributed by atoms with E-state index < -0.39 is 124 Å². The minimum atomic E-state index is -4.78. The smallest absolute Gasteiger partial charge is 0.455 e. The lowest BCUT2D eigenvalue weighted by molar-refractivity contribution is -0.146. The zero-order chi connectivity index (χ0) is 73.3. The minimum Gasteiger partial charge on any atom is -0.484 e. The molecule has 0 radical (unpaired) electrons. The second kappa shape index (κ2) is 24.9. The summed E-state index contributed by atoms with van der Waals surface area (Å²) in [7, 11) is -11.1. The van der Waals surface area contributed by atoms with Gasteiger partial charge in [-0.15, -0.1) is 0 Å². The van der Waals surface area contributed by atoms with Crippen molar-refractivity contribution in [2.45, 2.75) is 147 Å². The molecule has 12 rings (SSSR count). The number of carbonyl (C=O) groups is 3. The number of sulfone groups is 3. The van der Waals surface area contributed by atoms with Gasteiger partial charge >= 0.3 is 12.4 Å². The Hall–Kier alpha value is -8.10. The van der Waals surface area contributed by atoms with Crippen LogP contribution in [0.4, 0.5) is 52.7 Å². The zero-order valence-corrected chi connectivity index (χ0v) is 56.4. The van der Waals surface area contributed by atoms with Crippen LogP contribution in [0.25, 0.3) is 0 Å². The van der Waals surface area contributed by atoms with Gasteiger partial charge in [0.25, 0.3) is 47.1 Å². The molecule has 6 fully saturated rings. The van der Waals surface area contributed by atoms with Crippen molar-refractivity contribution in [1.29, 1.82) is 0 Å². The van der Waals surface area contributed by atoms with Crippen LogP contribution >= 0.6 is 0 Å². The molecule has 24 nitrogen and oxygen atoms in total. The number of nitrogens with zero attached hydrogens (tertiary/aromatic N) is 9. The summed E-state index contributed by atoms with van der Waals surface area (Å²) in [5.74, 6) is -14.8. The molecule has 9 atom stereocenters. The van der Waals surface area contributed by atoms with E-state index in [4.69, 9.17) is 27.8 Å². The lowest BCUT2D eigenvalue weighted by Gasteiger charge is -2.25. The molecule has 540 valence electrons. The summed E-state index contributed by atoms with van der Waals surface area (Å²) >= 11 is 0. The number of amides is 3. The van der Waals surface area contributed by atoms with Crippen molar-refractivity contribution in [2.75, 3.05) is 58.0 Å². The number of alkyl halides is 12. The number of carbonyl (C=O) groups excluding carboxylic acids is 3. The molecule has 6 unspecified atom stereocenters. The van der Waals surface area contributed by atoms with Crippen molar-refractivity contribution in [3.63, 3.8) is 0 Å². The number of hydrogen-bond donors (Lipinski definition) is 0. The van der Waals surface area contributed by atoms with E-state index in [1.54, 1.807) is 11.8 Å². The van der Waals surface area contributed by atoms with Crippen LogP contribution < -0.4 is 14.2 Å². The summed E-state index contributed by atoms with van der Waals surface area (Å²) in [5, 5.41) is 9.76. The van der Waals surface area contributed by atoms with Gasteiger partial charge in [-0.2, -0.15) is 41.3 Å². The highest BCUT2D eigenvalue weighted by Crippen LogP contribution is 2.61. The normalized spacial score (nSPS) is 23.7. The Bertz CT molecular complexity index is 4330. The maximum Gasteiger partial charge on any atom is 0.455 e. The molecule has 0 bridgehead atoms. The summed E-state index contributed by atoms with van der Waals surface area (Å²) in [6.07, 6.45) is -9.79. The monoisotopic (exact) mass is 1470 g/mol. The molecular formula is C60H63F12N9O15S3. The van der Waals surface area contributed by atoms with Gasteiger partial charge < -0.3 is 42.5 Å². The molecule has 99 heavy (non-hydrogen) atoms. The van der Waals surface area contributed by atoms with Crippen LogP contribution in [-0.4, -0.2) is 182 Å². The number of benzene rings is 3. The molecule has 0 spiro atoms. The van der Waals surface area contributed by atoms with E-state index in [-0.39, 0.29) is 104 Å². The van der Waals surface area contributed by atoms with Gasteiger partial charge in [0.1, 0.15) is 17.2 Å². The lowest BCUT2D eigenvalue weighted by Crippen LogP contribution is -2.35. The summed E-state index contributed by atoms with van der Waals surface area (Å²) in [4.78, 5) is 54.7. The standard InChI is InChI=1S/2C20H20F5N3O5S.C20H23F2N3O5S/c2*1-10(18(2,21)22)32-14-5-4-12(34(3,30)31)6-13(14)15(29)28-8-11-7-19(11,9-28)17-26-16(27-33-17)20(23,24)25;1-11(19(3,21)22)29-16-6-5-14(31(4,27)28)7-15(16)17(26)25-9-13-8-20(13,10-25)18-23-12(2)24-30-18/h2*4-6,10-11H,7-9H2,1-3H3;5-7,11,13H,8-10H2,1-4H3/t2*10-,11?,19?;11-,13?,20?/m101/s1. The van der Waals surface area contributed by atoms with Gasteiger partial charge in [0.15, 0.2) is 53.6 Å². The van der Waals surface area contributed by atoms with E-state index in [9.17, 15) is 92.3 Å². The van der Waals surface area contributed by atoms with Gasteiger partial charge in [0.2, 0.25) is 17.7 Å². The van der Waals surface area contributed by atoms with Crippen LogP contribution in [0.3, 0.4) is 0 Å². The quantitative estimate of drug-likeness (QED) is 0.0723. The highest BCUT2D eigenvalue weighted by Gasteiger charge is 2.68. The molecule has 39 heteroatoms. The van der Waals surface area contributed by atoms with Gasteiger partial charge in [-0.05, 0) is 119 Å². The fourth-order valence-corrected chi connectivity index (χ4v) is 13.9. The fraction of sp³-hybridized carbons (Fsp3) is 0.550. The van der Waals surface area contributed by atoms with E-state index in [0.29, 0.717) is 58.4 Å². The Morgan fingerprint density at radius 1 is 0.465 bits per heavy atom. The molecule has 3 aromatic heterocycles. The highest BCUT2D eigenvalue weighted by molar-refractivity contribution is 7.91. The van der Waals surface area contributed by atoms with E-state index >= 15 is 0 Å². The van der Waals surface area contributed by atoms with Gasteiger partial charge in [0, 0.05) is 78.8 Å². The molecule has 0 N–H and O–H groups in total. The Kier molecular flexibility index (Phi) is 18.5. The third kappa shape index (κ3) is 15.2. The first-order valence-electron chi connectivity index (χ1n) is 30.0. The topological polar surface area (TPSA) is 308 Å². The van der Waals surface area contributed by atoms with Crippen molar-refractivity contribution in [1.82, 2.24) is 45.1 Å². The molecule has 3 amide bonds. The summed E-state index contributed by atoms with van der Waals surface area (Å²) < 4.78 is 262. The number of likely N-dealkylation sites (tertiary alicyclic amines) is 3. The van der Waals surface area contributed by atoms with Gasteiger partial charge in [0.05, 0.1) is 47.6 Å². The molecular weight excluding hydrogens is 1410 g/mol. The predicted molar refractivity (Wildman–Crippen MR) is 315 cm³/mol. The van der Waals surface area contributed by atoms with Crippen LogP contribution in [0.15, 0.2) is 82.9 Å². The Balaban J connectivity index is 0.000000161. The zero-order valence-electron chi connectivity index (χ0n) is 53.9. The Labute approximate surface area is 556 Å². The van der Waals surface area contributed by atoms with E-state index in [0.717, 1.165) is 75.4 Å². The molecule has 3 aliphatic carbocycles. The van der Waals surface area contributed by atoms with Crippen LogP contribution in [0, 0.1) is 24.7 Å². The molecule has 3 aliphatic heterocycles. The van der Waals surface area contributed by atoms with E-state index in [1.807, 2.05) is 0 Å². The molecule has 3 saturated carbocycles. The van der Waals surface area contributed by atoms with Crippen molar-refractivity contribution in [3.8, 4) is 17.2 Å². The summed E-state index contributed by atoms with van der Waals surface area (Å²) in [6, 6.07) is 10.3. The number of aryl methyl sites for hydroxylation is 1. The third-order valence-corrected chi connectivity index (χ3v) is 21.7. The van der Waals surface area contributed by atoms with Crippen molar-refractivity contribution in [2.24, 2.45) is 17.8 Å². The van der Waals surface area contributed by atoms with E-state index in [2.05, 4.69) is 30.4 Å². The third-order valence-electron chi connectivity index (χ3n) is 18.3.